The molecule has 1 aromatic rings. The Morgan fingerprint density at radius 2 is 2.29 bits per heavy atom. The first kappa shape index (κ1) is 10.3. The van der Waals surface area contributed by atoms with Gasteiger partial charge in [-0.05, 0) is 24.6 Å². The summed E-state index contributed by atoms with van der Waals surface area (Å²) in [5.41, 5.74) is 6.94. The van der Waals surface area contributed by atoms with Crippen LogP contribution in [0.2, 0.25) is 0 Å². The molecule has 3 nitrogen and oxygen atoms in total. The van der Waals surface area contributed by atoms with E-state index in [-0.39, 0.29) is 12.1 Å². The lowest BCUT2D eigenvalue weighted by atomic mass is 10.1. The van der Waals surface area contributed by atoms with Gasteiger partial charge in [0.25, 0.3) is 0 Å². The lowest BCUT2D eigenvalue weighted by Gasteiger charge is -1.99. The van der Waals surface area contributed by atoms with Crippen LogP contribution in [0.4, 0.5) is 0 Å². The van der Waals surface area contributed by atoms with Gasteiger partial charge in [-0.2, -0.15) is 0 Å². The molecular weight excluding hydrogens is 178 g/mol. The lowest BCUT2D eigenvalue weighted by molar-refractivity contribution is 0.0696. The van der Waals surface area contributed by atoms with Crippen LogP contribution in [0.25, 0.3) is 0 Å². The molecule has 0 amide bonds. The first-order valence-electron chi connectivity index (χ1n) is 4.18. The van der Waals surface area contributed by atoms with Gasteiger partial charge >= 0.3 is 5.97 Å². The molecule has 1 aromatic carbocycles. The average molecular weight is 189 g/mol. The van der Waals surface area contributed by atoms with Crippen LogP contribution in [0.3, 0.4) is 0 Å². The van der Waals surface area contributed by atoms with Crippen molar-refractivity contribution in [2.45, 2.75) is 6.92 Å². The zero-order valence-electron chi connectivity index (χ0n) is 7.87. The molecule has 0 fully saturated rings. The maximum absolute atomic E-state index is 10.8. The van der Waals surface area contributed by atoms with Crippen molar-refractivity contribution < 1.29 is 9.90 Å². The molecule has 0 heterocycles. The van der Waals surface area contributed by atoms with Gasteiger partial charge in [-0.1, -0.05) is 17.9 Å². The molecule has 1 rings (SSSR count). The molecule has 0 bridgehead atoms. The quantitative estimate of drug-likeness (QED) is 0.648. The number of aryl methyl sites for hydroxylation is 1. The van der Waals surface area contributed by atoms with Crippen LogP contribution >= 0.6 is 0 Å². The summed E-state index contributed by atoms with van der Waals surface area (Å²) in [5, 5.41) is 8.86. The van der Waals surface area contributed by atoms with Crippen molar-refractivity contribution in [3.8, 4) is 11.8 Å². The number of carboxylic acids is 1. The van der Waals surface area contributed by atoms with Crippen LogP contribution < -0.4 is 5.73 Å². The van der Waals surface area contributed by atoms with Crippen LogP contribution in [0.5, 0.6) is 0 Å². The number of nitrogens with two attached hydrogens (primary N) is 1. The van der Waals surface area contributed by atoms with E-state index in [0.29, 0.717) is 5.56 Å². The van der Waals surface area contributed by atoms with Gasteiger partial charge < -0.3 is 10.8 Å². The van der Waals surface area contributed by atoms with E-state index < -0.39 is 5.97 Å². The Morgan fingerprint density at radius 1 is 1.57 bits per heavy atom. The molecule has 3 N–H and O–H groups in total. The highest BCUT2D eigenvalue weighted by Gasteiger charge is 2.07. The third-order valence-corrected chi connectivity index (χ3v) is 1.73. The highest BCUT2D eigenvalue weighted by Crippen LogP contribution is 2.10. The van der Waals surface area contributed by atoms with Gasteiger partial charge in [-0.3, -0.25) is 0 Å². The topological polar surface area (TPSA) is 63.3 Å². The zero-order valence-corrected chi connectivity index (χ0v) is 7.87. The Morgan fingerprint density at radius 3 is 2.86 bits per heavy atom. The summed E-state index contributed by atoms with van der Waals surface area (Å²) < 4.78 is 0. The summed E-state index contributed by atoms with van der Waals surface area (Å²) in [6, 6.07) is 5.04. The molecule has 72 valence electrons. The molecule has 0 aliphatic carbocycles. The normalized spacial score (nSPS) is 9.00. The Bertz CT molecular complexity index is 413. The van der Waals surface area contributed by atoms with Crippen molar-refractivity contribution in [2.24, 2.45) is 5.73 Å². The molecule has 0 aliphatic heterocycles. The van der Waals surface area contributed by atoms with Crippen LogP contribution in [-0.4, -0.2) is 17.6 Å². The summed E-state index contributed by atoms with van der Waals surface area (Å²) in [7, 11) is 0. The second-order valence-electron chi connectivity index (χ2n) is 2.86. The number of aromatic carboxylic acids is 1. The minimum absolute atomic E-state index is 0.219. The van der Waals surface area contributed by atoms with Gasteiger partial charge in [0.15, 0.2) is 0 Å². The minimum Gasteiger partial charge on any atom is -0.478 e. The predicted octanol–water partition coefficient (Wildman–Crippen LogP) is 1.00. The van der Waals surface area contributed by atoms with Gasteiger partial charge in [-0.15, -0.1) is 0 Å². The molecule has 0 spiro atoms. The maximum Gasteiger partial charge on any atom is 0.336 e. The SMILES string of the molecule is Cc1ccc(C(=O)O)c(C#CCN)c1. The van der Waals surface area contributed by atoms with Crippen molar-refractivity contribution in [3.63, 3.8) is 0 Å². The second-order valence-corrected chi connectivity index (χ2v) is 2.86. The van der Waals surface area contributed by atoms with Crippen LogP contribution in [0.15, 0.2) is 18.2 Å². The third-order valence-electron chi connectivity index (χ3n) is 1.73. The Hall–Kier alpha value is -1.79. The monoisotopic (exact) mass is 189 g/mol. The number of carboxylic acid groups (broad SMARTS) is 1. The van der Waals surface area contributed by atoms with E-state index in [4.69, 9.17) is 10.8 Å². The molecule has 0 aromatic heterocycles. The lowest BCUT2D eigenvalue weighted by Crippen LogP contribution is -2.01. The molecule has 3 heteroatoms. The number of benzene rings is 1. The summed E-state index contributed by atoms with van der Waals surface area (Å²) in [4.78, 5) is 10.8. The predicted molar refractivity (Wildman–Crippen MR) is 54.1 cm³/mol. The number of carbonyl (C=O) groups is 1. The second kappa shape index (κ2) is 4.45. The maximum atomic E-state index is 10.8. The summed E-state index contributed by atoms with van der Waals surface area (Å²) in [5.74, 6) is 4.41. The number of hydrogen-bond acceptors (Lipinski definition) is 2. The van der Waals surface area contributed by atoms with Gasteiger partial charge in [0, 0.05) is 5.56 Å². The first-order chi connectivity index (χ1) is 6.65. The summed E-state index contributed by atoms with van der Waals surface area (Å²) >= 11 is 0. The van der Waals surface area contributed by atoms with E-state index in [9.17, 15) is 4.79 Å². The van der Waals surface area contributed by atoms with E-state index in [1.165, 1.54) is 0 Å². The van der Waals surface area contributed by atoms with Gasteiger partial charge in [0.05, 0.1) is 12.1 Å². The van der Waals surface area contributed by atoms with Crippen LogP contribution in [0, 0.1) is 18.8 Å². The highest BCUT2D eigenvalue weighted by molar-refractivity contribution is 5.90. The fraction of sp³-hybridized carbons (Fsp3) is 0.182. The van der Waals surface area contributed by atoms with Gasteiger partial charge in [-0.25, -0.2) is 4.79 Å². The average Bonchev–Trinajstić information content (AvgIpc) is 2.14. The van der Waals surface area contributed by atoms with Gasteiger partial charge in [0.1, 0.15) is 0 Å². The Labute approximate surface area is 82.6 Å². The summed E-state index contributed by atoms with van der Waals surface area (Å²) in [6.45, 7) is 2.12. The Balaban J connectivity index is 3.22. The van der Waals surface area contributed by atoms with E-state index in [2.05, 4.69) is 11.8 Å². The van der Waals surface area contributed by atoms with Crippen LogP contribution in [0.1, 0.15) is 21.5 Å². The molecule has 0 radical (unpaired) electrons. The standard InChI is InChI=1S/C11H11NO2/c1-8-4-5-10(11(13)14)9(7-8)3-2-6-12/h4-5,7H,6,12H2,1H3,(H,13,14). The number of rotatable bonds is 1. The molecule has 14 heavy (non-hydrogen) atoms. The van der Waals surface area contributed by atoms with E-state index >= 15 is 0 Å². The van der Waals surface area contributed by atoms with E-state index in [1.807, 2.05) is 6.92 Å². The Kier molecular flexibility index (Phi) is 3.27. The highest BCUT2D eigenvalue weighted by atomic mass is 16.4. The molecule has 0 unspecified atom stereocenters. The van der Waals surface area contributed by atoms with Crippen molar-refractivity contribution >= 4 is 5.97 Å². The molecule has 0 aliphatic rings. The van der Waals surface area contributed by atoms with E-state index in [0.717, 1.165) is 5.56 Å². The fourth-order valence-electron chi connectivity index (χ4n) is 1.09. The van der Waals surface area contributed by atoms with Crippen molar-refractivity contribution in [2.75, 3.05) is 6.54 Å². The van der Waals surface area contributed by atoms with Crippen LogP contribution in [-0.2, 0) is 0 Å². The molecular formula is C11H11NO2. The molecule has 0 saturated carbocycles. The minimum atomic E-state index is -0.966. The summed E-state index contributed by atoms with van der Waals surface area (Å²) in [6.07, 6.45) is 0. The fourth-order valence-corrected chi connectivity index (χ4v) is 1.09. The smallest absolute Gasteiger partial charge is 0.336 e. The zero-order chi connectivity index (χ0) is 10.6. The number of hydrogen-bond donors (Lipinski definition) is 2. The van der Waals surface area contributed by atoms with Crippen molar-refractivity contribution in [1.82, 2.24) is 0 Å². The van der Waals surface area contributed by atoms with Gasteiger partial charge in [0.2, 0.25) is 0 Å². The van der Waals surface area contributed by atoms with Crippen molar-refractivity contribution in [1.29, 1.82) is 0 Å². The third kappa shape index (κ3) is 2.35. The molecule has 0 saturated heterocycles. The van der Waals surface area contributed by atoms with Crippen molar-refractivity contribution in [3.05, 3.63) is 34.9 Å². The van der Waals surface area contributed by atoms with E-state index in [1.54, 1.807) is 18.2 Å². The first-order valence-corrected chi connectivity index (χ1v) is 4.18. The molecule has 0 atom stereocenters. The largest absolute Gasteiger partial charge is 0.478 e.